The third-order valence-electron chi connectivity index (χ3n) is 6.90. The van der Waals surface area contributed by atoms with E-state index in [0.29, 0.717) is 24.3 Å². The summed E-state index contributed by atoms with van der Waals surface area (Å²) in [6, 6.07) is 23.0. The Balaban J connectivity index is 1.61. The predicted octanol–water partition coefficient (Wildman–Crippen LogP) is 5.57. The highest BCUT2D eigenvalue weighted by atomic mass is 16.6. The van der Waals surface area contributed by atoms with E-state index in [1.54, 1.807) is 6.07 Å². The van der Waals surface area contributed by atoms with Crippen molar-refractivity contribution in [3.05, 3.63) is 112 Å². The van der Waals surface area contributed by atoms with Gasteiger partial charge in [0.15, 0.2) is 0 Å². The summed E-state index contributed by atoms with van der Waals surface area (Å²) in [5.74, 6) is 0.585. The van der Waals surface area contributed by atoms with Crippen LogP contribution in [0.25, 0.3) is 12.2 Å². The van der Waals surface area contributed by atoms with Crippen molar-refractivity contribution in [1.29, 1.82) is 0 Å². The molecule has 3 aromatic rings. The summed E-state index contributed by atoms with van der Waals surface area (Å²) >= 11 is 0. The normalized spacial score (nSPS) is 22.6. The molecule has 6 heteroatoms. The Morgan fingerprint density at radius 3 is 2.62 bits per heavy atom. The van der Waals surface area contributed by atoms with E-state index in [0.717, 1.165) is 16.8 Å². The molecule has 0 saturated heterocycles. The lowest BCUT2D eigenvalue weighted by Gasteiger charge is -2.48. The van der Waals surface area contributed by atoms with Crippen LogP contribution in [-0.4, -0.2) is 28.9 Å². The number of rotatable bonds is 6. The smallest absolute Gasteiger partial charge is 0.270 e. The molecule has 2 atom stereocenters. The van der Waals surface area contributed by atoms with E-state index in [1.165, 1.54) is 12.1 Å². The SMILES string of the molecule is CC1(C/C=C/c2ccccc2)c2ccccc2N(CCO)C12C=Cc1cc([N+](=O)[O-])ccc1O2. The number of fused-ring (bicyclic) bond motifs is 2. The summed E-state index contributed by atoms with van der Waals surface area (Å²) in [6.45, 7) is 2.54. The monoisotopic (exact) mass is 454 g/mol. The Kier molecular flexibility index (Phi) is 5.46. The number of nitrogens with zero attached hydrogens (tertiary/aromatic N) is 2. The fourth-order valence-electron chi connectivity index (χ4n) is 5.20. The molecule has 0 bridgehead atoms. The van der Waals surface area contributed by atoms with E-state index in [4.69, 9.17) is 4.74 Å². The molecule has 2 heterocycles. The van der Waals surface area contributed by atoms with Crippen LogP contribution in [0.5, 0.6) is 5.75 Å². The second-order valence-corrected chi connectivity index (χ2v) is 8.85. The van der Waals surface area contributed by atoms with Gasteiger partial charge >= 0.3 is 0 Å². The number of β-amino-alcohol motifs (C(OH)–C–C–N with tert-alkyl or cyclic N) is 1. The second kappa shape index (κ2) is 8.47. The van der Waals surface area contributed by atoms with Gasteiger partial charge in [0.05, 0.1) is 16.9 Å². The molecule has 0 fully saturated rings. The molecular formula is C28H26N2O4. The molecule has 34 heavy (non-hydrogen) atoms. The minimum Gasteiger partial charge on any atom is -0.463 e. The maximum Gasteiger partial charge on any atom is 0.270 e. The van der Waals surface area contributed by atoms with Crippen LogP contribution in [0, 0.1) is 10.1 Å². The van der Waals surface area contributed by atoms with Crippen molar-refractivity contribution in [2.45, 2.75) is 24.5 Å². The van der Waals surface area contributed by atoms with Crippen LogP contribution in [-0.2, 0) is 5.41 Å². The number of hydrogen-bond acceptors (Lipinski definition) is 5. The summed E-state index contributed by atoms with van der Waals surface area (Å²) in [4.78, 5) is 13.0. The molecule has 0 radical (unpaired) electrons. The standard InChI is InChI=1S/C28H26N2O4/c1-27(16-7-10-21-8-3-2-4-9-21)24-11-5-6-12-25(24)29(18-19-31)28(27)17-15-22-20-23(30(32)33)13-14-26(22)34-28/h2-15,17,20,31H,16,18-19H2,1H3/b10-7+. The molecule has 1 N–H and O–H groups in total. The first-order valence-electron chi connectivity index (χ1n) is 11.3. The zero-order valence-electron chi connectivity index (χ0n) is 18.9. The average molecular weight is 455 g/mol. The van der Waals surface area contributed by atoms with Crippen LogP contribution in [0.1, 0.15) is 30.0 Å². The quantitative estimate of drug-likeness (QED) is 0.389. The van der Waals surface area contributed by atoms with Gasteiger partial charge in [0.2, 0.25) is 5.72 Å². The first-order valence-corrected chi connectivity index (χ1v) is 11.3. The van der Waals surface area contributed by atoms with Gasteiger partial charge in [0.1, 0.15) is 5.75 Å². The lowest BCUT2D eigenvalue weighted by Crippen LogP contribution is -2.61. The zero-order chi connectivity index (χ0) is 23.8. The van der Waals surface area contributed by atoms with Gasteiger partial charge in [-0.25, -0.2) is 0 Å². The molecule has 6 nitrogen and oxygen atoms in total. The van der Waals surface area contributed by atoms with Gasteiger partial charge < -0.3 is 14.7 Å². The van der Waals surface area contributed by atoms with Gasteiger partial charge in [-0.1, -0.05) is 60.7 Å². The van der Waals surface area contributed by atoms with Gasteiger partial charge in [0.25, 0.3) is 5.69 Å². The lowest BCUT2D eigenvalue weighted by molar-refractivity contribution is -0.384. The molecule has 2 unspecified atom stereocenters. The largest absolute Gasteiger partial charge is 0.463 e. The molecule has 2 aliphatic rings. The van der Waals surface area contributed by atoms with E-state index >= 15 is 0 Å². The maximum atomic E-state index is 11.3. The third-order valence-corrected chi connectivity index (χ3v) is 6.90. The highest BCUT2D eigenvalue weighted by Crippen LogP contribution is 2.56. The van der Waals surface area contributed by atoms with Crippen LogP contribution in [0.2, 0.25) is 0 Å². The first-order chi connectivity index (χ1) is 16.5. The van der Waals surface area contributed by atoms with Crippen LogP contribution in [0.15, 0.2) is 84.9 Å². The second-order valence-electron chi connectivity index (χ2n) is 8.85. The van der Waals surface area contributed by atoms with Crippen molar-refractivity contribution in [3.63, 3.8) is 0 Å². The van der Waals surface area contributed by atoms with E-state index in [-0.39, 0.29) is 12.3 Å². The Labute approximate surface area is 198 Å². The number of nitro groups is 1. The van der Waals surface area contributed by atoms with Crippen molar-refractivity contribution in [2.24, 2.45) is 0 Å². The summed E-state index contributed by atoms with van der Waals surface area (Å²) in [7, 11) is 0. The molecule has 0 aromatic heterocycles. The summed E-state index contributed by atoms with van der Waals surface area (Å²) in [5.41, 5.74) is 2.58. The van der Waals surface area contributed by atoms with Gasteiger partial charge in [-0.05, 0) is 48.8 Å². The van der Waals surface area contributed by atoms with Crippen LogP contribution >= 0.6 is 0 Å². The fourth-order valence-corrected chi connectivity index (χ4v) is 5.20. The maximum absolute atomic E-state index is 11.3. The number of benzene rings is 3. The molecule has 172 valence electrons. The predicted molar refractivity (Wildman–Crippen MR) is 134 cm³/mol. The molecule has 1 spiro atoms. The number of aliphatic hydroxyl groups excluding tert-OH is 1. The molecular weight excluding hydrogens is 428 g/mol. The molecule has 0 saturated carbocycles. The Bertz CT molecular complexity index is 1290. The summed E-state index contributed by atoms with van der Waals surface area (Å²) in [6.07, 6.45) is 8.86. The third kappa shape index (κ3) is 3.38. The van der Waals surface area contributed by atoms with Gasteiger partial charge in [-0.2, -0.15) is 0 Å². The van der Waals surface area contributed by atoms with E-state index in [2.05, 4.69) is 48.2 Å². The number of allylic oxidation sites excluding steroid dienone is 1. The van der Waals surface area contributed by atoms with Crippen molar-refractivity contribution in [2.75, 3.05) is 18.1 Å². The van der Waals surface area contributed by atoms with Crippen molar-refractivity contribution >= 4 is 23.5 Å². The average Bonchev–Trinajstić information content (AvgIpc) is 3.04. The first kappa shape index (κ1) is 21.9. The number of para-hydroxylation sites is 1. The molecule has 0 amide bonds. The minimum absolute atomic E-state index is 0.0263. The number of aliphatic hydroxyl groups is 1. The Hall–Kier alpha value is -3.90. The topological polar surface area (TPSA) is 75.8 Å². The van der Waals surface area contributed by atoms with Gasteiger partial charge in [0, 0.05) is 29.9 Å². The molecule has 3 aromatic carbocycles. The van der Waals surface area contributed by atoms with Crippen LogP contribution in [0.4, 0.5) is 11.4 Å². The Morgan fingerprint density at radius 2 is 1.85 bits per heavy atom. The summed E-state index contributed by atoms with van der Waals surface area (Å²) in [5, 5.41) is 21.2. The minimum atomic E-state index is -0.899. The molecule has 2 aliphatic heterocycles. The van der Waals surface area contributed by atoms with Crippen LogP contribution < -0.4 is 9.64 Å². The van der Waals surface area contributed by atoms with E-state index in [1.807, 2.05) is 42.5 Å². The zero-order valence-corrected chi connectivity index (χ0v) is 18.9. The lowest BCUT2D eigenvalue weighted by atomic mass is 9.72. The van der Waals surface area contributed by atoms with Gasteiger partial charge in [-0.15, -0.1) is 0 Å². The van der Waals surface area contributed by atoms with E-state index in [9.17, 15) is 15.2 Å². The number of non-ortho nitro benzene ring substituents is 1. The number of nitro benzene ring substituents is 1. The fraction of sp³-hybridized carbons (Fsp3) is 0.214. The number of hydrogen-bond donors (Lipinski definition) is 1. The van der Waals surface area contributed by atoms with Crippen molar-refractivity contribution < 1.29 is 14.8 Å². The Morgan fingerprint density at radius 1 is 1.09 bits per heavy atom. The van der Waals surface area contributed by atoms with E-state index < -0.39 is 16.1 Å². The highest BCUT2D eigenvalue weighted by Gasteiger charge is 2.60. The van der Waals surface area contributed by atoms with Gasteiger partial charge in [-0.3, -0.25) is 10.1 Å². The van der Waals surface area contributed by atoms with Crippen molar-refractivity contribution in [3.8, 4) is 5.75 Å². The number of anilines is 1. The summed E-state index contributed by atoms with van der Waals surface area (Å²) < 4.78 is 6.75. The highest BCUT2D eigenvalue weighted by molar-refractivity contribution is 5.73. The van der Waals surface area contributed by atoms with Crippen molar-refractivity contribution in [1.82, 2.24) is 0 Å². The van der Waals surface area contributed by atoms with Crippen LogP contribution in [0.3, 0.4) is 0 Å². The molecule has 0 aliphatic carbocycles. The molecule has 5 rings (SSSR count). The number of ether oxygens (including phenoxy) is 1.